The lowest BCUT2D eigenvalue weighted by Crippen LogP contribution is -2.13. The first kappa shape index (κ1) is 18.2. The van der Waals surface area contributed by atoms with E-state index in [9.17, 15) is 0 Å². The van der Waals surface area contributed by atoms with E-state index in [1.807, 2.05) is 0 Å². The second-order valence-electron chi connectivity index (χ2n) is 6.20. The molecule has 0 amide bonds. The van der Waals surface area contributed by atoms with Gasteiger partial charge >= 0.3 is 0 Å². The Labute approximate surface area is 118 Å². The Bertz CT molecular complexity index is 282. The molecule has 112 valence electrons. The molecule has 0 radical (unpaired) electrons. The minimum Gasteiger partial charge on any atom is -0.483 e. The highest BCUT2D eigenvalue weighted by molar-refractivity contribution is 5.32. The van der Waals surface area contributed by atoms with Crippen molar-refractivity contribution >= 4 is 6.47 Å². The van der Waals surface area contributed by atoms with Crippen molar-refractivity contribution in [1.29, 1.82) is 0 Å². The monoisotopic (exact) mass is 270 g/mol. The zero-order valence-corrected chi connectivity index (χ0v) is 13.2. The molecule has 0 aromatic carbocycles. The molecule has 0 saturated heterocycles. The number of ether oxygens (including phenoxy) is 1. The Kier molecular flexibility index (Phi) is 8.73. The summed E-state index contributed by atoms with van der Waals surface area (Å²) in [5.41, 5.74) is 1.38. The van der Waals surface area contributed by atoms with Gasteiger partial charge in [0.05, 0.1) is 12.2 Å². The van der Waals surface area contributed by atoms with Crippen LogP contribution in [0.4, 0.5) is 0 Å². The van der Waals surface area contributed by atoms with Gasteiger partial charge in [-0.05, 0) is 50.0 Å². The molecule has 1 rings (SSSR count). The number of rotatable bonds is 6. The average Bonchev–Trinajstić information content (AvgIpc) is 2.95. The predicted molar refractivity (Wildman–Crippen MR) is 79.2 cm³/mol. The first-order valence-electron chi connectivity index (χ1n) is 7.23. The van der Waals surface area contributed by atoms with Crippen LogP contribution in [0.5, 0.6) is 0 Å². The van der Waals surface area contributed by atoms with Gasteiger partial charge in [0.25, 0.3) is 6.47 Å². The third-order valence-electron chi connectivity index (χ3n) is 3.25. The molecular formula is C16H30O3. The van der Waals surface area contributed by atoms with Crippen LogP contribution in [0.15, 0.2) is 11.6 Å². The van der Waals surface area contributed by atoms with Crippen LogP contribution in [0, 0.1) is 17.8 Å². The Morgan fingerprint density at radius 2 is 1.84 bits per heavy atom. The first-order valence-corrected chi connectivity index (χ1v) is 7.23. The van der Waals surface area contributed by atoms with Crippen LogP contribution in [-0.4, -0.2) is 23.8 Å². The van der Waals surface area contributed by atoms with E-state index in [-0.39, 0.29) is 6.47 Å². The van der Waals surface area contributed by atoms with Crippen molar-refractivity contribution in [3.63, 3.8) is 0 Å². The lowest BCUT2D eigenvalue weighted by molar-refractivity contribution is -0.122. The third kappa shape index (κ3) is 8.82. The molecule has 0 aromatic heterocycles. The topological polar surface area (TPSA) is 46.5 Å². The predicted octanol–water partition coefficient (Wildman–Crippen LogP) is 4.13. The van der Waals surface area contributed by atoms with Crippen molar-refractivity contribution in [2.45, 2.75) is 66.6 Å². The molecule has 1 aliphatic rings. The van der Waals surface area contributed by atoms with Crippen molar-refractivity contribution < 1.29 is 14.6 Å². The van der Waals surface area contributed by atoms with E-state index >= 15 is 0 Å². The second kappa shape index (κ2) is 9.13. The highest BCUT2D eigenvalue weighted by atomic mass is 16.5. The van der Waals surface area contributed by atoms with Crippen LogP contribution in [0.2, 0.25) is 0 Å². The fraction of sp³-hybridized carbons (Fsp3) is 0.812. The average molecular weight is 270 g/mol. The summed E-state index contributed by atoms with van der Waals surface area (Å²) in [6, 6.07) is 0. The van der Waals surface area contributed by atoms with E-state index in [0.717, 1.165) is 11.8 Å². The molecule has 0 heterocycles. The van der Waals surface area contributed by atoms with Crippen LogP contribution in [-0.2, 0) is 9.53 Å². The lowest BCUT2D eigenvalue weighted by Gasteiger charge is -2.15. The first-order chi connectivity index (χ1) is 8.81. The fourth-order valence-corrected chi connectivity index (χ4v) is 2.27. The maximum atomic E-state index is 8.36. The molecule has 0 aliphatic heterocycles. The molecule has 1 N–H and O–H groups in total. The van der Waals surface area contributed by atoms with Crippen molar-refractivity contribution in [3.05, 3.63) is 11.6 Å². The molecule has 1 saturated carbocycles. The van der Waals surface area contributed by atoms with E-state index in [4.69, 9.17) is 14.6 Å². The lowest BCUT2D eigenvalue weighted by atomic mass is 10.1. The molecular weight excluding hydrogens is 240 g/mol. The molecule has 3 atom stereocenters. The van der Waals surface area contributed by atoms with Gasteiger partial charge in [-0.2, -0.15) is 0 Å². The quantitative estimate of drug-likeness (QED) is 0.583. The van der Waals surface area contributed by atoms with Crippen LogP contribution in [0.1, 0.15) is 54.4 Å². The molecule has 1 fully saturated rings. The van der Waals surface area contributed by atoms with Crippen molar-refractivity contribution in [3.8, 4) is 0 Å². The fourth-order valence-electron chi connectivity index (χ4n) is 2.27. The summed E-state index contributed by atoms with van der Waals surface area (Å²) in [4.78, 5) is 8.36. The number of carbonyl (C=O) groups is 1. The number of carboxylic acid groups (broad SMARTS) is 1. The standard InChI is InChI=1S/C15H28O.CH2O2/c1-10(2)7-12(5)13(6)16-15-9-14(15)8-11(3)4;2-1-3/h7,10-11,13-15H,8-9H2,1-6H3;1H,(H,2,3). The molecule has 0 aromatic rings. The van der Waals surface area contributed by atoms with Gasteiger partial charge in [0.1, 0.15) is 0 Å². The molecule has 3 unspecified atom stereocenters. The molecule has 3 heteroatoms. The maximum absolute atomic E-state index is 8.36. The summed E-state index contributed by atoms with van der Waals surface area (Å²) in [6.07, 6.45) is 5.74. The summed E-state index contributed by atoms with van der Waals surface area (Å²) in [6.45, 7) is 13.1. The zero-order chi connectivity index (χ0) is 15.0. The molecule has 3 nitrogen and oxygen atoms in total. The van der Waals surface area contributed by atoms with E-state index in [1.54, 1.807) is 0 Å². The summed E-state index contributed by atoms with van der Waals surface area (Å²) in [5.74, 6) is 2.26. The van der Waals surface area contributed by atoms with Crippen LogP contribution in [0.25, 0.3) is 0 Å². The maximum Gasteiger partial charge on any atom is 0.290 e. The number of hydrogen-bond acceptors (Lipinski definition) is 2. The highest BCUT2D eigenvalue weighted by Gasteiger charge is 2.39. The number of hydrogen-bond donors (Lipinski definition) is 1. The summed E-state index contributed by atoms with van der Waals surface area (Å²) < 4.78 is 6.07. The van der Waals surface area contributed by atoms with Gasteiger partial charge in [-0.1, -0.05) is 33.8 Å². The number of allylic oxidation sites excluding steroid dienone is 1. The van der Waals surface area contributed by atoms with Gasteiger partial charge in [0.2, 0.25) is 0 Å². The van der Waals surface area contributed by atoms with Gasteiger partial charge in [0, 0.05) is 0 Å². The van der Waals surface area contributed by atoms with Gasteiger partial charge in [-0.15, -0.1) is 0 Å². The summed E-state index contributed by atoms with van der Waals surface area (Å²) in [7, 11) is 0. The smallest absolute Gasteiger partial charge is 0.290 e. The SMILES string of the molecule is CC(=CC(C)C)C(C)OC1CC1CC(C)C.O=CO. The Morgan fingerprint density at radius 1 is 1.32 bits per heavy atom. The summed E-state index contributed by atoms with van der Waals surface area (Å²) in [5, 5.41) is 6.89. The molecule has 0 bridgehead atoms. The Hall–Kier alpha value is -0.830. The molecule has 19 heavy (non-hydrogen) atoms. The van der Waals surface area contributed by atoms with Crippen LogP contribution >= 0.6 is 0 Å². The minimum atomic E-state index is -0.250. The second-order valence-corrected chi connectivity index (χ2v) is 6.20. The Balaban J connectivity index is 0.000000982. The molecule has 0 spiro atoms. The largest absolute Gasteiger partial charge is 0.483 e. The van der Waals surface area contributed by atoms with Gasteiger partial charge in [-0.3, -0.25) is 4.79 Å². The van der Waals surface area contributed by atoms with Gasteiger partial charge in [0.15, 0.2) is 0 Å². The third-order valence-corrected chi connectivity index (χ3v) is 3.25. The van der Waals surface area contributed by atoms with E-state index < -0.39 is 0 Å². The van der Waals surface area contributed by atoms with Crippen molar-refractivity contribution in [1.82, 2.24) is 0 Å². The summed E-state index contributed by atoms with van der Waals surface area (Å²) >= 11 is 0. The van der Waals surface area contributed by atoms with E-state index in [1.165, 1.54) is 18.4 Å². The van der Waals surface area contributed by atoms with E-state index in [2.05, 4.69) is 47.6 Å². The Morgan fingerprint density at radius 3 is 2.26 bits per heavy atom. The van der Waals surface area contributed by atoms with Crippen molar-refractivity contribution in [2.75, 3.05) is 0 Å². The zero-order valence-electron chi connectivity index (χ0n) is 13.2. The van der Waals surface area contributed by atoms with Crippen molar-refractivity contribution in [2.24, 2.45) is 17.8 Å². The normalized spacial score (nSPS) is 23.9. The van der Waals surface area contributed by atoms with Crippen LogP contribution in [0.3, 0.4) is 0 Å². The minimum absolute atomic E-state index is 0.250. The van der Waals surface area contributed by atoms with Gasteiger partial charge in [-0.25, -0.2) is 0 Å². The van der Waals surface area contributed by atoms with Gasteiger partial charge < -0.3 is 9.84 Å². The molecule has 1 aliphatic carbocycles. The highest BCUT2D eigenvalue weighted by Crippen LogP contribution is 2.40. The van der Waals surface area contributed by atoms with E-state index in [0.29, 0.717) is 18.1 Å². The van der Waals surface area contributed by atoms with Crippen LogP contribution < -0.4 is 0 Å².